The van der Waals surface area contributed by atoms with Crippen LogP contribution in [0.2, 0.25) is 5.02 Å². The molecule has 25 heavy (non-hydrogen) atoms. The predicted octanol–water partition coefficient (Wildman–Crippen LogP) is 2.98. The van der Waals surface area contributed by atoms with Crippen molar-refractivity contribution in [2.45, 2.75) is 19.6 Å². The van der Waals surface area contributed by atoms with Gasteiger partial charge in [0.1, 0.15) is 12.7 Å². The van der Waals surface area contributed by atoms with Gasteiger partial charge in [-0.1, -0.05) is 48.0 Å². The van der Waals surface area contributed by atoms with Crippen LogP contribution in [0.4, 0.5) is 4.79 Å². The molecule has 7 heteroatoms. The maximum atomic E-state index is 11.9. The molecule has 1 heterocycles. The van der Waals surface area contributed by atoms with Crippen molar-refractivity contribution in [2.24, 2.45) is 0 Å². The molecule has 6 nitrogen and oxygen atoms in total. The standard InChI is InChI=1S/C18H18ClN5O/c19-17-7-5-15(6-8-17)10-22-18(25)21-9-14-1-3-16(4-2-14)11-24-13-20-12-23-24/h1-8,12-13H,9-11H2,(H2,21,22,25). The summed E-state index contributed by atoms with van der Waals surface area (Å²) >= 11 is 5.83. The molecule has 128 valence electrons. The zero-order valence-electron chi connectivity index (χ0n) is 13.5. The molecule has 2 amide bonds. The number of rotatable bonds is 6. The molecule has 0 aliphatic rings. The number of amides is 2. The first kappa shape index (κ1) is 17.0. The molecule has 0 saturated carbocycles. The molecule has 0 aliphatic carbocycles. The Labute approximate surface area is 150 Å². The van der Waals surface area contributed by atoms with Gasteiger partial charge < -0.3 is 10.6 Å². The minimum absolute atomic E-state index is 0.207. The number of benzene rings is 2. The van der Waals surface area contributed by atoms with Gasteiger partial charge in [0.25, 0.3) is 0 Å². The topological polar surface area (TPSA) is 71.8 Å². The van der Waals surface area contributed by atoms with E-state index >= 15 is 0 Å². The number of aromatic nitrogens is 3. The Morgan fingerprint density at radius 1 is 0.920 bits per heavy atom. The van der Waals surface area contributed by atoms with E-state index in [2.05, 4.69) is 20.7 Å². The Hall–Kier alpha value is -2.86. The lowest BCUT2D eigenvalue weighted by Gasteiger charge is -2.09. The normalized spacial score (nSPS) is 10.4. The van der Waals surface area contributed by atoms with Crippen molar-refractivity contribution >= 4 is 17.6 Å². The van der Waals surface area contributed by atoms with Crippen LogP contribution >= 0.6 is 11.6 Å². The maximum absolute atomic E-state index is 11.9. The van der Waals surface area contributed by atoms with E-state index in [0.29, 0.717) is 24.7 Å². The first-order valence-electron chi connectivity index (χ1n) is 7.85. The van der Waals surface area contributed by atoms with Crippen molar-refractivity contribution in [1.82, 2.24) is 25.4 Å². The van der Waals surface area contributed by atoms with Gasteiger partial charge in [0.2, 0.25) is 0 Å². The largest absolute Gasteiger partial charge is 0.334 e. The van der Waals surface area contributed by atoms with Gasteiger partial charge in [-0.05, 0) is 28.8 Å². The molecule has 0 atom stereocenters. The second-order valence-electron chi connectivity index (χ2n) is 5.57. The Morgan fingerprint density at radius 3 is 2.04 bits per heavy atom. The van der Waals surface area contributed by atoms with E-state index < -0.39 is 0 Å². The van der Waals surface area contributed by atoms with Crippen molar-refractivity contribution < 1.29 is 4.79 Å². The SMILES string of the molecule is O=C(NCc1ccc(Cl)cc1)NCc1ccc(Cn2cncn2)cc1. The Bertz CT molecular complexity index is 800. The highest BCUT2D eigenvalue weighted by molar-refractivity contribution is 6.30. The molecule has 2 N–H and O–H groups in total. The van der Waals surface area contributed by atoms with Crippen LogP contribution in [0.3, 0.4) is 0 Å². The minimum atomic E-state index is -0.207. The first-order chi connectivity index (χ1) is 12.2. The number of halogens is 1. The van der Waals surface area contributed by atoms with Crippen LogP contribution in [0.5, 0.6) is 0 Å². The summed E-state index contributed by atoms with van der Waals surface area (Å²) in [7, 11) is 0. The average molecular weight is 356 g/mol. The van der Waals surface area contributed by atoms with Crippen molar-refractivity contribution in [1.29, 1.82) is 0 Å². The summed E-state index contributed by atoms with van der Waals surface area (Å²) in [5.41, 5.74) is 3.16. The van der Waals surface area contributed by atoms with Gasteiger partial charge in [-0.2, -0.15) is 5.10 Å². The quantitative estimate of drug-likeness (QED) is 0.714. The fourth-order valence-electron chi connectivity index (χ4n) is 2.29. The van der Waals surface area contributed by atoms with E-state index in [1.807, 2.05) is 36.4 Å². The van der Waals surface area contributed by atoms with Gasteiger partial charge in [0.15, 0.2) is 0 Å². The van der Waals surface area contributed by atoms with Crippen molar-refractivity contribution in [2.75, 3.05) is 0 Å². The van der Waals surface area contributed by atoms with E-state index in [4.69, 9.17) is 11.6 Å². The molecule has 3 aromatic rings. The van der Waals surface area contributed by atoms with Crippen LogP contribution < -0.4 is 10.6 Å². The lowest BCUT2D eigenvalue weighted by molar-refractivity contribution is 0.240. The Morgan fingerprint density at radius 2 is 1.48 bits per heavy atom. The van der Waals surface area contributed by atoms with Gasteiger partial charge in [0.05, 0.1) is 6.54 Å². The molecular weight excluding hydrogens is 338 g/mol. The zero-order valence-corrected chi connectivity index (χ0v) is 14.3. The Kier molecular flexibility index (Phi) is 5.64. The Balaban J connectivity index is 1.43. The van der Waals surface area contributed by atoms with E-state index in [0.717, 1.165) is 16.7 Å². The smallest absolute Gasteiger partial charge is 0.315 e. The number of carbonyl (C=O) groups excluding carboxylic acids is 1. The third kappa shape index (κ3) is 5.32. The summed E-state index contributed by atoms with van der Waals surface area (Å²) in [4.78, 5) is 15.8. The molecule has 0 aliphatic heterocycles. The van der Waals surface area contributed by atoms with Crippen molar-refractivity contribution in [3.8, 4) is 0 Å². The fraction of sp³-hybridized carbons (Fsp3) is 0.167. The zero-order chi connectivity index (χ0) is 17.5. The third-order valence-electron chi connectivity index (χ3n) is 3.65. The maximum Gasteiger partial charge on any atom is 0.315 e. The third-order valence-corrected chi connectivity index (χ3v) is 3.91. The summed E-state index contributed by atoms with van der Waals surface area (Å²) in [6.07, 6.45) is 3.20. The first-order valence-corrected chi connectivity index (χ1v) is 8.23. The van der Waals surface area contributed by atoms with Crippen LogP contribution in [0.1, 0.15) is 16.7 Å². The number of hydrogen-bond donors (Lipinski definition) is 2. The second-order valence-corrected chi connectivity index (χ2v) is 6.01. The lowest BCUT2D eigenvalue weighted by Crippen LogP contribution is -2.34. The number of hydrogen-bond acceptors (Lipinski definition) is 3. The minimum Gasteiger partial charge on any atom is -0.334 e. The van der Waals surface area contributed by atoms with Crippen LogP contribution in [-0.4, -0.2) is 20.8 Å². The van der Waals surface area contributed by atoms with Gasteiger partial charge in [-0.25, -0.2) is 14.5 Å². The van der Waals surface area contributed by atoms with Crippen LogP contribution in [-0.2, 0) is 19.6 Å². The predicted molar refractivity (Wildman–Crippen MR) is 96.1 cm³/mol. The number of carbonyl (C=O) groups is 1. The van der Waals surface area contributed by atoms with Crippen molar-refractivity contribution in [3.05, 3.63) is 82.9 Å². The van der Waals surface area contributed by atoms with Gasteiger partial charge >= 0.3 is 6.03 Å². The molecule has 0 saturated heterocycles. The molecular formula is C18H18ClN5O. The van der Waals surface area contributed by atoms with E-state index in [9.17, 15) is 4.79 Å². The second kappa shape index (κ2) is 8.30. The molecule has 0 radical (unpaired) electrons. The van der Waals surface area contributed by atoms with Crippen molar-refractivity contribution in [3.63, 3.8) is 0 Å². The van der Waals surface area contributed by atoms with Crippen LogP contribution in [0, 0.1) is 0 Å². The average Bonchev–Trinajstić information content (AvgIpc) is 3.14. The molecule has 0 unspecified atom stereocenters. The van der Waals surface area contributed by atoms with E-state index in [-0.39, 0.29) is 6.03 Å². The summed E-state index contributed by atoms with van der Waals surface area (Å²) in [5.74, 6) is 0. The molecule has 0 spiro atoms. The summed E-state index contributed by atoms with van der Waals surface area (Å²) < 4.78 is 1.76. The molecule has 0 bridgehead atoms. The van der Waals surface area contributed by atoms with Crippen LogP contribution in [0.25, 0.3) is 0 Å². The van der Waals surface area contributed by atoms with E-state index in [1.165, 1.54) is 6.33 Å². The summed E-state index contributed by atoms with van der Waals surface area (Å²) in [6.45, 7) is 1.60. The van der Waals surface area contributed by atoms with Crippen LogP contribution in [0.15, 0.2) is 61.2 Å². The van der Waals surface area contributed by atoms with Gasteiger partial charge in [-0.15, -0.1) is 0 Å². The highest BCUT2D eigenvalue weighted by Gasteiger charge is 2.02. The highest BCUT2D eigenvalue weighted by Crippen LogP contribution is 2.09. The fourth-order valence-corrected chi connectivity index (χ4v) is 2.42. The number of urea groups is 1. The number of nitrogens with zero attached hydrogens (tertiary/aromatic N) is 3. The lowest BCUT2D eigenvalue weighted by atomic mass is 10.1. The van der Waals surface area contributed by atoms with E-state index in [1.54, 1.807) is 23.1 Å². The summed E-state index contributed by atoms with van der Waals surface area (Å²) in [6, 6.07) is 15.2. The molecule has 3 rings (SSSR count). The molecule has 2 aromatic carbocycles. The summed E-state index contributed by atoms with van der Waals surface area (Å²) in [5, 5.41) is 10.4. The van der Waals surface area contributed by atoms with Gasteiger partial charge in [-0.3, -0.25) is 0 Å². The molecule has 0 fully saturated rings. The van der Waals surface area contributed by atoms with Gasteiger partial charge in [0, 0.05) is 18.1 Å². The molecule has 1 aromatic heterocycles. The monoisotopic (exact) mass is 355 g/mol. The number of nitrogens with one attached hydrogen (secondary N) is 2. The highest BCUT2D eigenvalue weighted by atomic mass is 35.5.